The summed E-state index contributed by atoms with van der Waals surface area (Å²) in [5.41, 5.74) is -4.84. The number of hydrogen-bond acceptors (Lipinski definition) is 16. The molecule has 0 aromatic rings. The van der Waals surface area contributed by atoms with Crippen LogP contribution < -0.4 is 0 Å². The molecule has 0 aromatic carbocycles. The zero-order valence-corrected chi connectivity index (χ0v) is 35.2. The van der Waals surface area contributed by atoms with Crippen LogP contribution in [0, 0.1) is 34.3 Å². The van der Waals surface area contributed by atoms with Crippen molar-refractivity contribution >= 4 is 24.4 Å². The molecular formula is C38H68N2O13S. The molecule has 0 spiro atoms. The molecule has 0 aliphatic carbocycles. The van der Waals surface area contributed by atoms with Crippen LogP contribution in [0.25, 0.3) is 0 Å². The van der Waals surface area contributed by atoms with E-state index in [0.717, 1.165) is 0 Å². The fraction of sp³-hybridized carbons (Fsp3) is 0.921. The number of Topliss-reactive ketones (excluding diaryl/α,β-unsaturated/α-hetero) is 1. The molecule has 3 fully saturated rings. The van der Waals surface area contributed by atoms with Crippen LogP contribution in [0.4, 0.5) is 0 Å². The molecule has 3 aliphatic rings. The summed E-state index contributed by atoms with van der Waals surface area (Å²) in [5.74, 6) is -4.98. The second-order valence-corrected chi connectivity index (χ2v) is 16.8. The first-order valence-corrected chi connectivity index (χ1v) is 19.4. The molecule has 5 N–H and O–H groups in total. The van der Waals surface area contributed by atoms with E-state index in [-0.39, 0.29) is 31.4 Å². The van der Waals surface area contributed by atoms with Gasteiger partial charge in [0.2, 0.25) is 0 Å². The monoisotopic (exact) mass is 792 g/mol. The van der Waals surface area contributed by atoms with E-state index in [1.165, 1.54) is 33.3 Å². The quantitative estimate of drug-likeness (QED) is 0.124. The van der Waals surface area contributed by atoms with Crippen LogP contribution in [0.1, 0.15) is 94.9 Å². The highest BCUT2D eigenvalue weighted by Crippen LogP contribution is 2.40. The van der Waals surface area contributed by atoms with Crippen LogP contribution in [0.3, 0.4) is 0 Å². The molecular weight excluding hydrogens is 724 g/mol. The highest BCUT2D eigenvalue weighted by atomic mass is 32.1. The summed E-state index contributed by atoms with van der Waals surface area (Å²) < 4.78 is 37.1. The number of aliphatic hydroxyl groups is 5. The summed E-state index contributed by atoms with van der Waals surface area (Å²) >= 11 is 3.09. The minimum absolute atomic E-state index is 0.0936. The Morgan fingerprint density at radius 1 is 0.944 bits per heavy atom. The van der Waals surface area contributed by atoms with Crippen LogP contribution in [0.2, 0.25) is 0 Å². The predicted octanol–water partition coefficient (Wildman–Crippen LogP) is 2.18. The Balaban J connectivity index is 0.00000325. The molecule has 0 aromatic heterocycles. The number of nitriles is 1. The number of cyclic esters (lactones) is 1. The third-order valence-electron chi connectivity index (χ3n) is 11.8. The Kier molecular flexibility index (Phi) is 17.9. The van der Waals surface area contributed by atoms with Crippen molar-refractivity contribution in [1.82, 2.24) is 4.90 Å². The number of carbonyl (C=O) groups is 2. The van der Waals surface area contributed by atoms with Gasteiger partial charge in [-0.25, -0.2) is 0 Å². The highest BCUT2D eigenvalue weighted by molar-refractivity contribution is 7.85. The smallest absolute Gasteiger partial charge is 0.311 e. The van der Waals surface area contributed by atoms with Crippen LogP contribution in [0.15, 0.2) is 0 Å². The van der Waals surface area contributed by atoms with E-state index >= 15 is 0 Å². The highest BCUT2D eigenvalue weighted by Gasteiger charge is 2.53. The Labute approximate surface area is 327 Å². The molecule has 0 amide bonds. The van der Waals surface area contributed by atoms with Crippen molar-refractivity contribution in [1.29, 1.82) is 5.26 Å². The van der Waals surface area contributed by atoms with E-state index in [1.54, 1.807) is 41.5 Å². The maximum Gasteiger partial charge on any atom is 0.311 e. The third-order valence-corrected chi connectivity index (χ3v) is 11.8. The second kappa shape index (κ2) is 19.8. The minimum atomic E-state index is -1.99. The van der Waals surface area contributed by atoms with Crippen LogP contribution in [-0.4, -0.2) is 148 Å². The lowest BCUT2D eigenvalue weighted by molar-refractivity contribution is -0.318. The van der Waals surface area contributed by atoms with E-state index in [4.69, 9.17) is 33.7 Å². The summed E-state index contributed by atoms with van der Waals surface area (Å²) in [6, 6.07) is -0.324. The number of methoxy groups -OCH3 is 1. The lowest BCUT2D eigenvalue weighted by Gasteiger charge is -2.49. The van der Waals surface area contributed by atoms with Gasteiger partial charge in [0.25, 0.3) is 0 Å². The maximum atomic E-state index is 14.1. The van der Waals surface area contributed by atoms with Crippen LogP contribution >= 0.6 is 12.6 Å². The number of thiocyanates is 1. The van der Waals surface area contributed by atoms with E-state index in [0.29, 0.717) is 6.42 Å². The lowest BCUT2D eigenvalue weighted by Crippen LogP contribution is -2.61. The van der Waals surface area contributed by atoms with Crippen molar-refractivity contribution in [2.45, 2.75) is 179 Å². The van der Waals surface area contributed by atoms with E-state index in [9.17, 15) is 35.1 Å². The standard InChI is InChI=1S/C37H67NO13.CHNS/c1-14-25-37(10,45)30(41)20(4)27(39)18(2)16-35(8,44)32(51-34-28(40)24(38(11)12)15-19(3)47-34)21(5)29(22(6)33(43)49-25)50-26-17-36(9,46-13)31(42)23(7)48-26;2-1-3/h18-26,28-32,34,40-42,44-45H,14-17H2,1-13H3;3H/t18-,19-,20?,21+,22-,23?,24+,25?,26?,28?,29+,30?,31+,32-,34?,35-,36-,37-;/m1./s1. The molecule has 3 saturated heterocycles. The van der Waals surface area contributed by atoms with Crippen molar-refractivity contribution in [3.63, 3.8) is 0 Å². The topological polar surface area (TPSA) is 218 Å². The van der Waals surface area contributed by atoms with Gasteiger partial charge in [-0.05, 0) is 74.9 Å². The van der Waals surface area contributed by atoms with Gasteiger partial charge in [0.1, 0.15) is 35.1 Å². The zero-order valence-electron chi connectivity index (χ0n) is 34.3. The maximum absolute atomic E-state index is 14.1. The first kappa shape index (κ1) is 48.7. The minimum Gasteiger partial charge on any atom is -0.459 e. The molecule has 54 heavy (non-hydrogen) atoms. The number of carbonyl (C=O) groups excluding carboxylic acids is 2. The molecule has 3 rings (SSSR count). The van der Waals surface area contributed by atoms with Crippen molar-refractivity contribution in [2.24, 2.45) is 23.7 Å². The molecule has 0 saturated carbocycles. The number of aliphatic hydroxyl groups excluding tert-OH is 3. The van der Waals surface area contributed by atoms with Gasteiger partial charge in [-0.1, -0.05) is 40.3 Å². The third kappa shape index (κ3) is 11.1. The van der Waals surface area contributed by atoms with Gasteiger partial charge in [0, 0.05) is 37.3 Å². The Bertz CT molecular complexity index is 1270. The Hall–Kier alpha value is -1.46. The van der Waals surface area contributed by atoms with Gasteiger partial charge in [-0.2, -0.15) is 5.26 Å². The number of ether oxygens (including phenoxy) is 6. The summed E-state index contributed by atoms with van der Waals surface area (Å²) in [5, 5.41) is 66.2. The summed E-state index contributed by atoms with van der Waals surface area (Å²) in [6.45, 7) is 16.3. The van der Waals surface area contributed by atoms with E-state index < -0.39 is 108 Å². The van der Waals surface area contributed by atoms with Crippen molar-refractivity contribution in [2.75, 3.05) is 21.2 Å². The normalized spacial score (nSPS) is 47.1. The van der Waals surface area contributed by atoms with Gasteiger partial charge >= 0.3 is 5.97 Å². The predicted molar refractivity (Wildman–Crippen MR) is 201 cm³/mol. The summed E-state index contributed by atoms with van der Waals surface area (Å²) in [4.78, 5) is 29.8. The van der Waals surface area contributed by atoms with Gasteiger partial charge in [0.15, 0.2) is 12.6 Å². The van der Waals surface area contributed by atoms with Gasteiger partial charge < -0.3 is 58.9 Å². The number of ketones is 1. The van der Waals surface area contributed by atoms with Crippen LogP contribution in [0.5, 0.6) is 0 Å². The molecule has 3 heterocycles. The van der Waals surface area contributed by atoms with Gasteiger partial charge in [0.05, 0.1) is 47.6 Å². The molecule has 7 unspecified atom stereocenters. The number of esters is 1. The van der Waals surface area contributed by atoms with Crippen molar-refractivity contribution < 1.29 is 63.5 Å². The molecule has 0 radical (unpaired) electrons. The molecule has 0 bridgehead atoms. The van der Waals surface area contributed by atoms with Crippen molar-refractivity contribution in [3.05, 3.63) is 0 Å². The fourth-order valence-electron chi connectivity index (χ4n) is 8.41. The van der Waals surface area contributed by atoms with Crippen LogP contribution in [-0.2, 0) is 38.0 Å². The second-order valence-electron chi connectivity index (χ2n) is 16.6. The lowest BCUT2D eigenvalue weighted by atomic mass is 9.74. The first-order valence-electron chi connectivity index (χ1n) is 18.9. The molecule has 3 aliphatic heterocycles. The molecule has 18 atom stereocenters. The average molecular weight is 793 g/mol. The largest absolute Gasteiger partial charge is 0.459 e. The van der Waals surface area contributed by atoms with Crippen molar-refractivity contribution in [3.8, 4) is 5.40 Å². The zero-order chi connectivity index (χ0) is 41.7. The number of likely N-dealkylation sites (N-methyl/N-ethyl adjacent to an activating group) is 1. The first-order chi connectivity index (χ1) is 24.8. The number of rotatable bonds is 7. The number of nitrogens with zero attached hydrogens (tertiary/aromatic N) is 2. The van der Waals surface area contributed by atoms with Gasteiger partial charge in [-0.3, -0.25) is 9.59 Å². The Morgan fingerprint density at radius 3 is 2.04 bits per heavy atom. The molecule has 15 nitrogen and oxygen atoms in total. The van der Waals surface area contributed by atoms with Gasteiger partial charge in [-0.15, -0.1) is 0 Å². The summed E-state index contributed by atoms with van der Waals surface area (Å²) in [6.07, 6.45) is -9.71. The SMILES string of the molecule is CCC1OC(=O)[C@H](C)[C@@H](OC2C[C@@](C)(OC)[C@@H](O)C(C)O2)[C@H](C)[C@@H](OC2O[C@H](C)C[C@H](N(C)C)C2O)[C@](C)(O)C[C@@H](C)C(=O)C(C)C(O)[C@]1(C)O.N#CS. The molecule has 16 heteroatoms. The number of thiol groups is 1. The summed E-state index contributed by atoms with van der Waals surface area (Å²) in [7, 11) is 5.18. The Morgan fingerprint density at radius 2 is 1.52 bits per heavy atom. The van der Waals surface area contributed by atoms with E-state index in [1.807, 2.05) is 25.9 Å². The number of hydrogen-bond donors (Lipinski definition) is 6. The molecule has 314 valence electrons. The average Bonchev–Trinajstić information content (AvgIpc) is 3.09. The fourth-order valence-corrected chi connectivity index (χ4v) is 8.41. The van der Waals surface area contributed by atoms with E-state index in [2.05, 4.69) is 12.6 Å².